The van der Waals surface area contributed by atoms with Gasteiger partial charge in [-0.25, -0.2) is 0 Å². The van der Waals surface area contributed by atoms with Gasteiger partial charge in [0.05, 0.1) is 12.2 Å². The normalized spacial score (nSPS) is 11.8. The molecule has 0 bridgehead atoms. The van der Waals surface area contributed by atoms with Crippen molar-refractivity contribution in [1.29, 1.82) is 0 Å². The number of aromatic nitrogens is 1. The molecular formula is C21H27F3N2O2. The Hall–Kier alpha value is -2.28. The molecule has 0 atom stereocenters. The molecule has 0 aliphatic rings. The number of alkyl halides is 3. The molecule has 0 unspecified atom stereocenters. The Labute approximate surface area is 163 Å². The molecule has 154 valence electrons. The number of pyridine rings is 1. The predicted molar refractivity (Wildman–Crippen MR) is 104 cm³/mol. The summed E-state index contributed by atoms with van der Waals surface area (Å²) in [6.07, 6.45) is -0.537. The summed E-state index contributed by atoms with van der Waals surface area (Å²) in [5.74, 6) is 0.632. The van der Waals surface area contributed by atoms with Crippen LogP contribution in [0, 0.1) is 0 Å². The van der Waals surface area contributed by atoms with Gasteiger partial charge in [-0.3, -0.25) is 9.36 Å². The zero-order valence-corrected chi connectivity index (χ0v) is 16.3. The summed E-state index contributed by atoms with van der Waals surface area (Å²) in [4.78, 5) is 14.3. The molecule has 7 heteroatoms. The molecule has 1 heterocycles. The minimum Gasteiger partial charge on any atom is -0.494 e. The van der Waals surface area contributed by atoms with Crippen LogP contribution in [0.4, 0.5) is 13.2 Å². The van der Waals surface area contributed by atoms with E-state index in [1.807, 2.05) is 0 Å². The molecule has 0 saturated heterocycles. The van der Waals surface area contributed by atoms with Crippen molar-refractivity contribution in [3.05, 3.63) is 58.5 Å². The largest absolute Gasteiger partial charge is 0.494 e. The van der Waals surface area contributed by atoms with Crippen LogP contribution in [0.15, 0.2) is 47.4 Å². The molecule has 0 aliphatic carbocycles. The van der Waals surface area contributed by atoms with Crippen LogP contribution >= 0.6 is 0 Å². The highest BCUT2D eigenvalue weighted by Crippen LogP contribution is 2.28. The zero-order valence-electron chi connectivity index (χ0n) is 16.3. The summed E-state index contributed by atoms with van der Waals surface area (Å²) in [7, 11) is 0. The van der Waals surface area contributed by atoms with E-state index in [2.05, 4.69) is 18.7 Å². The van der Waals surface area contributed by atoms with Gasteiger partial charge in [-0.15, -0.1) is 0 Å². The fourth-order valence-electron chi connectivity index (χ4n) is 2.90. The summed E-state index contributed by atoms with van der Waals surface area (Å²) in [5, 5.41) is 0. The average Bonchev–Trinajstić information content (AvgIpc) is 2.67. The molecule has 2 aromatic rings. The summed E-state index contributed by atoms with van der Waals surface area (Å²) in [6, 6.07) is 8.20. The topological polar surface area (TPSA) is 34.5 Å². The highest BCUT2D eigenvalue weighted by atomic mass is 19.4. The third-order valence-electron chi connectivity index (χ3n) is 4.64. The Morgan fingerprint density at radius 3 is 2.25 bits per heavy atom. The van der Waals surface area contributed by atoms with Gasteiger partial charge in [-0.05, 0) is 69.2 Å². The molecule has 4 nitrogen and oxygen atoms in total. The maximum absolute atomic E-state index is 12.9. The molecule has 1 aromatic carbocycles. The van der Waals surface area contributed by atoms with E-state index in [1.165, 1.54) is 0 Å². The van der Waals surface area contributed by atoms with Gasteiger partial charge in [-0.1, -0.05) is 13.8 Å². The number of nitrogens with zero attached hydrogens (tertiary/aromatic N) is 2. The molecule has 1 aromatic heterocycles. The van der Waals surface area contributed by atoms with Crippen molar-refractivity contribution < 1.29 is 17.9 Å². The molecule has 0 amide bonds. The number of hydrogen-bond donors (Lipinski definition) is 0. The third-order valence-corrected chi connectivity index (χ3v) is 4.64. The Morgan fingerprint density at radius 1 is 0.964 bits per heavy atom. The number of unbranched alkanes of at least 4 members (excludes halogenated alkanes) is 2. The smallest absolute Gasteiger partial charge is 0.417 e. The van der Waals surface area contributed by atoms with Gasteiger partial charge < -0.3 is 9.64 Å². The number of rotatable bonds is 10. The van der Waals surface area contributed by atoms with Crippen molar-refractivity contribution in [3.8, 4) is 11.4 Å². The lowest BCUT2D eigenvalue weighted by molar-refractivity contribution is -0.138. The van der Waals surface area contributed by atoms with Gasteiger partial charge in [0.1, 0.15) is 5.75 Å². The molecule has 0 aliphatic heterocycles. The molecule has 0 N–H and O–H groups in total. The van der Waals surface area contributed by atoms with E-state index in [0.717, 1.165) is 61.8 Å². The Balaban J connectivity index is 1.88. The molecule has 0 fully saturated rings. The van der Waals surface area contributed by atoms with E-state index in [0.29, 0.717) is 18.0 Å². The molecular weight excluding hydrogens is 369 g/mol. The summed E-state index contributed by atoms with van der Waals surface area (Å²) in [6.45, 7) is 8.12. The lowest BCUT2D eigenvalue weighted by Crippen LogP contribution is -2.23. The number of ether oxygens (including phenoxy) is 1. The fourth-order valence-corrected chi connectivity index (χ4v) is 2.90. The maximum Gasteiger partial charge on any atom is 0.417 e. The fraction of sp³-hybridized carbons (Fsp3) is 0.476. The van der Waals surface area contributed by atoms with Gasteiger partial charge >= 0.3 is 6.18 Å². The monoisotopic (exact) mass is 396 g/mol. The second-order valence-corrected chi connectivity index (χ2v) is 6.55. The van der Waals surface area contributed by atoms with Crippen LogP contribution < -0.4 is 10.3 Å². The summed E-state index contributed by atoms with van der Waals surface area (Å²) in [5.41, 5.74) is -1.02. The van der Waals surface area contributed by atoms with Crippen molar-refractivity contribution in [2.45, 2.75) is 39.3 Å². The second-order valence-electron chi connectivity index (χ2n) is 6.55. The van der Waals surface area contributed by atoms with Crippen molar-refractivity contribution in [2.75, 3.05) is 26.2 Å². The first-order chi connectivity index (χ1) is 13.3. The van der Waals surface area contributed by atoms with Crippen LogP contribution in [0.1, 0.15) is 38.7 Å². The van der Waals surface area contributed by atoms with Crippen molar-refractivity contribution in [3.63, 3.8) is 0 Å². The Kier molecular flexibility index (Phi) is 8.11. The van der Waals surface area contributed by atoms with Gasteiger partial charge in [0.15, 0.2) is 0 Å². The van der Waals surface area contributed by atoms with E-state index in [1.54, 1.807) is 24.3 Å². The summed E-state index contributed by atoms with van der Waals surface area (Å²) >= 11 is 0. The maximum atomic E-state index is 12.9. The lowest BCUT2D eigenvalue weighted by atomic mass is 10.2. The van der Waals surface area contributed by atoms with Gasteiger partial charge in [0, 0.05) is 18.0 Å². The van der Waals surface area contributed by atoms with E-state index < -0.39 is 17.3 Å². The highest BCUT2D eigenvalue weighted by Gasteiger charge is 2.31. The Morgan fingerprint density at radius 2 is 1.64 bits per heavy atom. The lowest BCUT2D eigenvalue weighted by Gasteiger charge is -2.17. The molecule has 0 radical (unpaired) electrons. The van der Waals surface area contributed by atoms with E-state index >= 15 is 0 Å². The second kappa shape index (κ2) is 10.3. The van der Waals surface area contributed by atoms with Crippen LogP contribution in [-0.2, 0) is 6.18 Å². The molecule has 0 saturated carbocycles. The Bertz CT molecular complexity index is 781. The summed E-state index contributed by atoms with van der Waals surface area (Å²) < 4.78 is 45.2. The average molecular weight is 396 g/mol. The van der Waals surface area contributed by atoms with E-state index in [4.69, 9.17) is 4.74 Å². The van der Waals surface area contributed by atoms with Crippen molar-refractivity contribution >= 4 is 0 Å². The zero-order chi connectivity index (χ0) is 20.6. The minimum atomic E-state index is -4.50. The van der Waals surface area contributed by atoms with Gasteiger partial charge in [0.25, 0.3) is 5.56 Å². The first kappa shape index (κ1) is 22.0. The van der Waals surface area contributed by atoms with Gasteiger partial charge in [-0.2, -0.15) is 13.2 Å². The van der Waals surface area contributed by atoms with Crippen LogP contribution in [0.25, 0.3) is 5.69 Å². The minimum absolute atomic E-state index is 0.364. The van der Waals surface area contributed by atoms with Crippen LogP contribution in [0.3, 0.4) is 0 Å². The van der Waals surface area contributed by atoms with Crippen LogP contribution in [-0.4, -0.2) is 35.7 Å². The van der Waals surface area contributed by atoms with Crippen molar-refractivity contribution in [1.82, 2.24) is 9.47 Å². The quantitative estimate of drug-likeness (QED) is 0.544. The first-order valence-electron chi connectivity index (χ1n) is 9.60. The van der Waals surface area contributed by atoms with E-state index in [-0.39, 0.29) is 0 Å². The van der Waals surface area contributed by atoms with E-state index in [9.17, 15) is 18.0 Å². The third kappa shape index (κ3) is 6.41. The SMILES string of the molecule is CCN(CC)CCCCCOc1ccc(-n2cc(C(F)(F)F)ccc2=O)cc1. The van der Waals surface area contributed by atoms with Crippen LogP contribution in [0.5, 0.6) is 5.75 Å². The van der Waals surface area contributed by atoms with Gasteiger partial charge in [0.2, 0.25) is 0 Å². The standard InChI is InChI=1S/C21H27F3N2O2/c1-3-25(4-2)14-6-5-7-15-28-19-11-9-18(10-12-19)26-16-17(21(22,23)24)8-13-20(26)27/h8-13,16H,3-7,14-15H2,1-2H3. The molecule has 2 rings (SSSR count). The van der Waals surface area contributed by atoms with Crippen molar-refractivity contribution in [2.24, 2.45) is 0 Å². The number of benzene rings is 1. The molecule has 0 spiro atoms. The first-order valence-corrected chi connectivity index (χ1v) is 9.60. The highest BCUT2D eigenvalue weighted by molar-refractivity contribution is 5.38. The number of halogens is 3. The molecule has 28 heavy (non-hydrogen) atoms. The number of hydrogen-bond acceptors (Lipinski definition) is 3. The predicted octanol–water partition coefficient (Wildman–Crippen LogP) is 4.75. The van der Waals surface area contributed by atoms with Crippen LogP contribution in [0.2, 0.25) is 0 Å².